The normalized spacial score (nSPS) is 13.7. The molecule has 4 rings (SSSR count). The molecule has 0 saturated heterocycles. The number of carbonyl (C=O) groups is 1. The highest BCUT2D eigenvalue weighted by Crippen LogP contribution is 2.34. The molecule has 0 spiro atoms. The Balaban J connectivity index is 1.54. The van der Waals surface area contributed by atoms with E-state index in [1.165, 1.54) is 0 Å². The predicted octanol–water partition coefficient (Wildman–Crippen LogP) is 4.06. The number of amides is 1. The van der Waals surface area contributed by atoms with Gasteiger partial charge in [0.2, 0.25) is 6.79 Å². The zero-order chi connectivity index (χ0) is 16.5. The van der Waals surface area contributed by atoms with Crippen molar-refractivity contribution in [1.82, 2.24) is 5.32 Å². The standard InChI is InChI=1S/C20H17NO3/c1-13(15-8-9-18-19(11-15)24-12-23-18)21-20(22)17-7-6-14-4-2-3-5-16(14)10-17/h2-11,13H,12H2,1H3,(H,21,22). The number of hydrogen-bond donors (Lipinski definition) is 1. The van der Waals surface area contributed by atoms with E-state index < -0.39 is 0 Å². The summed E-state index contributed by atoms with van der Waals surface area (Å²) in [6, 6.07) is 19.3. The van der Waals surface area contributed by atoms with Gasteiger partial charge >= 0.3 is 0 Å². The summed E-state index contributed by atoms with van der Waals surface area (Å²) in [6.07, 6.45) is 0. The molecule has 1 unspecified atom stereocenters. The summed E-state index contributed by atoms with van der Waals surface area (Å²) in [4.78, 5) is 12.5. The Kier molecular flexibility index (Phi) is 3.58. The zero-order valence-electron chi connectivity index (χ0n) is 13.3. The number of carbonyl (C=O) groups excluding carboxylic acids is 1. The average Bonchev–Trinajstić information content (AvgIpc) is 3.08. The van der Waals surface area contributed by atoms with Gasteiger partial charge in [-0.05, 0) is 47.5 Å². The van der Waals surface area contributed by atoms with E-state index in [1.54, 1.807) is 0 Å². The Morgan fingerprint density at radius 1 is 0.958 bits per heavy atom. The van der Waals surface area contributed by atoms with Crippen LogP contribution in [0.3, 0.4) is 0 Å². The Hall–Kier alpha value is -3.01. The molecule has 0 aliphatic carbocycles. The second-order valence-electron chi connectivity index (χ2n) is 5.87. The fourth-order valence-electron chi connectivity index (χ4n) is 2.88. The molecule has 3 aromatic carbocycles. The molecule has 3 aromatic rings. The molecular formula is C20H17NO3. The van der Waals surface area contributed by atoms with Gasteiger partial charge in [-0.3, -0.25) is 4.79 Å². The first-order valence-electron chi connectivity index (χ1n) is 7.90. The third-order valence-electron chi connectivity index (χ3n) is 4.26. The second kappa shape index (κ2) is 5.89. The zero-order valence-corrected chi connectivity index (χ0v) is 13.3. The minimum atomic E-state index is -0.126. The smallest absolute Gasteiger partial charge is 0.251 e. The van der Waals surface area contributed by atoms with Gasteiger partial charge in [0.15, 0.2) is 11.5 Å². The molecule has 1 aliphatic rings. The van der Waals surface area contributed by atoms with Crippen LogP contribution < -0.4 is 14.8 Å². The predicted molar refractivity (Wildman–Crippen MR) is 92.4 cm³/mol. The summed E-state index contributed by atoms with van der Waals surface area (Å²) in [5, 5.41) is 5.21. The summed E-state index contributed by atoms with van der Waals surface area (Å²) in [7, 11) is 0. The highest BCUT2D eigenvalue weighted by molar-refractivity contribution is 5.98. The number of benzene rings is 3. The number of ether oxygens (including phenoxy) is 2. The largest absolute Gasteiger partial charge is 0.454 e. The van der Waals surface area contributed by atoms with E-state index in [2.05, 4.69) is 5.32 Å². The van der Waals surface area contributed by atoms with Crippen molar-refractivity contribution in [3.8, 4) is 11.5 Å². The molecule has 1 heterocycles. The van der Waals surface area contributed by atoms with Crippen molar-refractivity contribution >= 4 is 16.7 Å². The van der Waals surface area contributed by atoms with Crippen LogP contribution in [0.1, 0.15) is 28.9 Å². The lowest BCUT2D eigenvalue weighted by Gasteiger charge is -2.15. The summed E-state index contributed by atoms with van der Waals surface area (Å²) < 4.78 is 10.7. The van der Waals surface area contributed by atoms with E-state index in [0.717, 1.165) is 27.8 Å². The van der Waals surface area contributed by atoms with Crippen LogP contribution in [0.15, 0.2) is 60.7 Å². The average molecular weight is 319 g/mol. The fourth-order valence-corrected chi connectivity index (χ4v) is 2.88. The fraction of sp³-hybridized carbons (Fsp3) is 0.150. The van der Waals surface area contributed by atoms with Crippen molar-refractivity contribution in [3.05, 3.63) is 71.8 Å². The van der Waals surface area contributed by atoms with E-state index >= 15 is 0 Å². The quantitative estimate of drug-likeness (QED) is 0.792. The SMILES string of the molecule is CC(NC(=O)c1ccc2ccccc2c1)c1ccc2c(c1)OCO2. The second-order valence-corrected chi connectivity index (χ2v) is 5.87. The molecule has 0 fully saturated rings. The van der Waals surface area contributed by atoms with Gasteiger partial charge < -0.3 is 14.8 Å². The molecule has 1 aliphatic heterocycles. The molecule has 1 atom stereocenters. The van der Waals surface area contributed by atoms with Gasteiger partial charge in [0, 0.05) is 5.56 Å². The highest BCUT2D eigenvalue weighted by atomic mass is 16.7. The summed E-state index contributed by atoms with van der Waals surface area (Å²) >= 11 is 0. The third kappa shape index (κ3) is 2.67. The maximum Gasteiger partial charge on any atom is 0.251 e. The third-order valence-corrected chi connectivity index (χ3v) is 4.26. The van der Waals surface area contributed by atoms with Crippen LogP contribution in [0.25, 0.3) is 10.8 Å². The molecular weight excluding hydrogens is 302 g/mol. The van der Waals surface area contributed by atoms with Crippen LogP contribution >= 0.6 is 0 Å². The van der Waals surface area contributed by atoms with Gasteiger partial charge in [-0.15, -0.1) is 0 Å². The van der Waals surface area contributed by atoms with Gasteiger partial charge in [-0.25, -0.2) is 0 Å². The van der Waals surface area contributed by atoms with Gasteiger partial charge in [0.05, 0.1) is 6.04 Å². The first-order chi connectivity index (χ1) is 11.7. The molecule has 0 bridgehead atoms. The minimum Gasteiger partial charge on any atom is -0.454 e. The highest BCUT2D eigenvalue weighted by Gasteiger charge is 2.17. The van der Waals surface area contributed by atoms with Crippen molar-refractivity contribution in [1.29, 1.82) is 0 Å². The van der Waals surface area contributed by atoms with Gasteiger partial charge in [-0.2, -0.15) is 0 Å². The maximum atomic E-state index is 12.5. The van der Waals surface area contributed by atoms with Crippen LogP contribution in [-0.2, 0) is 0 Å². The Labute approximate surface area is 140 Å². The Morgan fingerprint density at radius 3 is 2.62 bits per heavy atom. The number of hydrogen-bond acceptors (Lipinski definition) is 3. The van der Waals surface area contributed by atoms with Gasteiger partial charge in [-0.1, -0.05) is 36.4 Å². The first kappa shape index (κ1) is 14.6. The van der Waals surface area contributed by atoms with Crippen LogP contribution in [-0.4, -0.2) is 12.7 Å². The van der Waals surface area contributed by atoms with Crippen LogP contribution in [0.4, 0.5) is 0 Å². The van der Waals surface area contributed by atoms with E-state index in [9.17, 15) is 4.79 Å². The topological polar surface area (TPSA) is 47.6 Å². The van der Waals surface area contributed by atoms with Crippen LogP contribution in [0.2, 0.25) is 0 Å². The molecule has 1 amide bonds. The monoisotopic (exact) mass is 319 g/mol. The summed E-state index contributed by atoms with van der Waals surface area (Å²) in [5.74, 6) is 1.37. The van der Waals surface area contributed by atoms with E-state index in [1.807, 2.05) is 67.6 Å². The summed E-state index contributed by atoms with van der Waals surface area (Å²) in [6.45, 7) is 2.20. The van der Waals surface area contributed by atoms with Gasteiger partial charge in [0.25, 0.3) is 5.91 Å². The van der Waals surface area contributed by atoms with E-state index in [-0.39, 0.29) is 18.7 Å². The molecule has 0 aromatic heterocycles. The van der Waals surface area contributed by atoms with Crippen molar-refractivity contribution in [2.75, 3.05) is 6.79 Å². The summed E-state index contributed by atoms with van der Waals surface area (Å²) in [5.41, 5.74) is 1.63. The molecule has 4 nitrogen and oxygen atoms in total. The molecule has 120 valence electrons. The molecule has 1 N–H and O–H groups in total. The van der Waals surface area contributed by atoms with E-state index in [0.29, 0.717) is 5.56 Å². The Morgan fingerprint density at radius 2 is 1.75 bits per heavy atom. The van der Waals surface area contributed by atoms with Crippen molar-refractivity contribution in [2.24, 2.45) is 0 Å². The lowest BCUT2D eigenvalue weighted by Crippen LogP contribution is -2.26. The van der Waals surface area contributed by atoms with Crippen molar-refractivity contribution < 1.29 is 14.3 Å². The van der Waals surface area contributed by atoms with E-state index in [4.69, 9.17) is 9.47 Å². The maximum absolute atomic E-state index is 12.5. The molecule has 0 radical (unpaired) electrons. The van der Waals surface area contributed by atoms with Crippen LogP contribution in [0.5, 0.6) is 11.5 Å². The number of fused-ring (bicyclic) bond motifs is 2. The van der Waals surface area contributed by atoms with Crippen molar-refractivity contribution in [2.45, 2.75) is 13.0 Å². The lowest BCUT2D eigenvalue weighted by molar-refractivity contribution is 0.0940. The van der Waals surface area contributed by atoms with Crippen molar-refractivity contribution in [3.63, 3.8) is 0 Å². The minimum absolute atomic E-state index is 0.0917. The number of nitrogens with one attached hydrogen (secondary N) is 1. The number of rotatable bonds is 3. The first-order valence-corrected chi connectivity index (χ1v) is 7.90. The molecule has 4 heteroatoms. The lowest BCUT2D eigenvalue weighted by atomic mass is 10.0. The molecule has 24 heavy (non-hydrogen) atoms. The molecule has 0 saturated carbocycles. The van der Waals surface area contributed by atoms with Crippen LogP contribution in [0, 0.1) is 0 Å². The Bertz CT molecular complexity index is 920. The van der Waals surface area contributed by atoms with Gasteiger partial charge in [0.1, 0.15) is 0 Å².